The second-order valence-electron chi connectivity index (χ2n) is 8.28. The number of aliphatic carboxylic acids is 1. The van der Waals surface area contributed by atoms with E-state index in [1.165, 1.54) is 33.1 Å². The number of thioether (sulfide) groups is 2. The third-order valence-corrected chi connectivity index (χ3v) is 8.82. The molecule has 2 aromatic heterocycles. The summed E-state index contributed by atoms with van der Waals surface area (Å²) in [4.78, 5) is 49.1. The van der Waals surface area contributed by atoms with Gasteiger partial charge in [-0.3, -0.25) is 14.5 Å². The van der Waals surface area contributed by atoms with Crippen LogP contribution < -0.4 is 15.9 Å². The van der Waals surface area contributed by atoms with E-state index in [9.17, 15) is 19.5 Å². The van der Waals surface area contributed by atoms with Crippen LogP contribution in [0.1, 0.15) is 5.82 Å². The SMILES string of the molecule is C=CCn1nnnc1SCC1=C(C(=O)O)N2C(=O)C(NC(=O)C(=NOc3ccc(Cl)cc3)c3nsc(N)n3)[C@@H]2SC1. The average Bonchev–Trinajstić information content (AvgIpc) is 3.59. The van der Waals surface area contributed by atoms with E-state index in [4.69, 9.17) is 22.2 Å². The third-order valence-electron chi connectivity index (χ3n) is 5.64. The molecule has 1 unspecified atom stereocenters. The van der Waals surface area contributed by atoms with Crippen molar-refractivity contribution in [1.29, 1.82) is 0 Å². The van der Waals surface area contributed by atoms with Crippen LogP contribution in [0.3, 0.4) is 0 Å². The zero-order chi connectivity index (χ0) is 29.1. The quantitative estimate of drug-likeness (QED) is 0.0894. The smallest absolute Gasteiger partial charge is 0.352 e. The molecular weight excluding hydrogens is 616 g/mol. The number of fused-ring (bicyclic) bond motifs is 1. The molecule has 3 aromatic rings. The van der Waals surface area contributed by atoms with Crippen molar-refractivity contribution >= 4 is 75.3 Å². The molecule has 15 nitrogen and oxygen atoms in total. The molecule has 0 radical (unpaired) electrons. The summed E-state index contributed by atoms with van der Waals surface area (Å²) in [6.07, 6.45) is 1.63. The summed E-state index contributed by atoms with van der Waals surface area (Å²) in [5.41, 5.74) is 5.76. The van der Waals surface area contributed by atoms with E-state index in [1.807, 2.05) is 0 Å². The number of β-lactam (4-membered cyclic amide) rings is 1. The van der Waals surface area contributed by atoms with Crippen LogP contribution in [0, 0.1) is 0 Å². The van der Waals surface area contributed by atoms with Crippen LogP contribution in [0.25, 0.3) is 0 Å². The Morgan fingerprint density at radius 1 is 1.37 bits per heavy atom. The predicted molar refractivity (Wildman–Crippen MR) is 151 cm³/mol. The monoisotopic (exact) mass is 634 g/mol. The predicted octanol–water partition coefficient (Wildman–Crippen LogP) is 1.26. The van der Waals surface area contributed by atoms with Gasteiger partial charge in [0.05, 0.1) is 6.54 Å². The number of benzene rings is 1. The molecule has 0 bridgehead atoms. The molecule has 4 N–H and O–H groups in total. The maximum Gasteiger partial charge on any atom is 0.352 e. The Labute approximate surface area is 249 Å². The van der Waals surface area contributed by atoms with Gasteiger partial charge < -0.3 is 21.0 Å². The molecule has 5 rings (SSSR count). The summed E-state index contributed by atoms with van der Waals surface area (Å²) in [6.45, 7) is 4.05. The molecule has 1 fully saturated rings. The van der Waals surface area contributed by atoms with Gasteiger partial charge in [-0.2, -0.15) is 9.36 Å². The molecule has 1 saturated heterocycles. The second-order valence-corrected chi connectivity index (χ2v) is 11.5. The fraction of sp³-hybridized carbons (Fsp3) is 0.227. The van der Waals surface area contributed by atoms with E-state index >= 15 is 0 Å². The molecule has 0 aliphatic carbocycles. The molecule has 0 spiro atoms. The van der Waals surface area contributed by atoms with Crippen molar-refractivity contribution in [2.75, 3.05) is 17.2 Å². The molecule has 0 saturated carbocycles. The van der Waals surface area contributed by atoms with Gasteiger partial charge in [0.1, 0.15) is 17.1 Å². The number of anilines is 1. The van der Waals surface area contributed by atoms with Crippen LogP contribution >= 0.6 is 46.7 Å². The minimum atomic E-state index is -1.25. The van der Waals surface area contributed by atoms with Gasteiger partial charge >= 0.3 is 5.97 Å². The van der Waals surface area contributed by atoms with E-state index < -0.39 is 29.2 Å². The number of carboxylic acid groups (broad SMARTS) is 1. The lowest BCUT2D eigenvalue weighted by molar-refractivity contribution is -0.150. The minimum Gasteiger partial charge on any atom is -0.477 e. The van der Waals surface area contributed by atoms with Crippen LogP contribution in [0.5, 0.6) is 5.75 Å². The highest BCUT2D eigenvalue weighted by Gasteiger charge is 2.54. The zero-order valence-corrected chi connectivity index (χ0v) is 23.9. The first kappa shape index (κ1) is 28.5. The Bertz CT molecular complexity index is 1570. The number of nitrogens with two attached hydrogens (primary N) is 1. The number of halogens is 1. The van der Waals surface area contributed by atoms with Crippen molar-refractivity contribution in [1.82, 2.24) is 39.8 Å². The Hall–Kier alpha value is -4.00. The van der Waals surface area contributed by atoms with Gasteiger partial charge in [0.25, 0.3) is 11.8 Å². The lowest BCUT2D eigenvalue weighted by atomic mass is 10.0. The summed E-state index contributed by atoms with van der Waals surface area (Å²) in [5, 5.41) is 28.3. The first-order valence-corrected chi connectivity index (χ1v) is 14.8. The lowest BCUT2D eigenvalue weighted by Crippen LogP contribution is -2.71. The van der Waals surface area contributed by atoms with E-state index in [-0.39, 0.29) is 33.9 Å². The average molecular weight is 635 g/mol. The van der Waals surface area contributed by atoms with Crippen LogP contribution in [-0.2, 0) is 20.9 Å². The van der Waals surface area contributed by atoms with Gasteiger partial charge in [-0.05, 0) is 40.3 Å². The van der Waals surface area contributed by atoms with Gasteiger partial charge in [-0.25, -0.2) is 9.48 Å². The Kier molecular flexibility index (Phi) is 8.52. The van der Waals surface area contributed by atoms with E-state index in [1.54, 1.807) is 30.3 Å². The van der Waals surface area contributed by atoms with Crippen molar-refractivity contribution < 1.29 is 24.3 Å². The molecule has 2 atom stereocenters. The van der Waals surface area contributed by atoms with Gasteiger partial charge in [-0.1, -0.05) is 34.6 Å². The molecule has 19 heteroatoms. The van der Waals surface area contributed by atoms with Crippen LogP contribution in [0.2, 0.25) is 5.02 Å². The summed E-state index contributed by atoms with van der Waals surface area (Å²) in [6, 6.07) is 5.23. The number of nitrogen functional groups attached to an aromatic ring is 1. The van der Waals surface area contributed by atoms with Gasteiger partial charge in [-0.15, -0.1) is 23.4 Å². The number of hydrogen-bond acceptors (Lipinski definition) is 14. The summed E-state index contributed by atoms with van der Waals surface area (Å²) >= 11 is 9.31. The first-order chi connectivity index (χ1) is 19.8. The highest BCUT2D eigenvalue weighted by Crippen LogP contribution is 2.41. The number of amides is 2. The van der Waals surface area contributed by atoms with Gasteiger partial charge in [0.15, 0.2) is 10.9 Å². The number of allylic oxidation sites excluding steroid dienone is 1. The van der Waals surface area contributed by atoms with Crippen molar-refractivity contribution in [3.63, 3.8) is 0 Å². The maximum atomic E-state index is 13.3. The zero-order valence-electron chi connectivity index (χ0n) is 20.7. The van der Waals surface area contributed by atoms with Crippen molar-refractivity contribution in [2.24, 2.45) is 5.16 Å². The summed E-state index contributed by atoms with van der Waals surface area (Å²) in [5.74, 6) is -1.89. The number of carboxylic acids is 1. The highest BCUT2D eigenvalue weighted by atomic mass is 35.5. The van der Waals surface area contributed by atoms with Crippen LogP contribution in [-0.4, -0.2) is 86.0 Å². The molecule has 2 aliphatic rings. The number of rotatable bonds is 11. The van der Waals surface area contributed by atoms with Crippen LogP contribution in [0.15, 0.2) is 58.5 Å². The van der Waals surface area contributed by atoms with Crippen molar-refractivity contribution in [2.45, 2.75) is 23.1 Å². The number of carbonyl (C=O) groups is 3. The molecule has 2 aliphatic heterocycles. The molecular formula is C22H19ClN10O5S3. The summed E-state index contributed by atoms with van der Waals surface area (Å²) < 4.78 is 5.55. The normalized spacial score (nSPS) is 18.5. The van der Waals surface area contributed by atoms with Crippen molar-refractivity contribution in [3.05, 3.63) is 59.0 Å². The van der Waals surface area contributed by atoms with E-state index in [0.717, 1.165) is 11.5 Å². The standard InChI is InChI=1S/C22H19ClN10O5S3/c1-2-7-32-22(27-30-31-32)40-9-10-8-39-19-14(18(35)33(19)15(10)20(36)37)25-17(34)13(16-26-21(24)41-29-16)28-38-12-5-3-11(23)4-6-12/h2-6,14,19H,1,7-9H2,(H,25,34)(H,36,37)(H2,24,26,29)/t14?,19-/m0/s1. The number of hydrogen-bond donors (Lipinski definition) is 3. The molecule has 212 valence electrons. The number of nitrogens with one attached hydrogen (secondary N) is 1. The molecule has 41 heavy (non-hydrogen) atoms. The Morgan fingerprint density at radius 2 is 2.15 bits per heavy atom. The maximum absolute atomic E-state index is 13.3. The highest BCUT2D eigenvalue weighted by molar-refractivity contribution is 8.01. The van der Waals surface area contributed by atoms with E-state index in [0.29, 0.717) is 28.0 Å². The summed E-state index contributed by atoms with van der Waals surface area (Å²) in [7, 11) is 0. The van der Waals surface area contributed by atoms with Gasteiger partial charge in [0, 0.05) is 28.1 Å². The number of oxime groups is 1. The van der Waals surface area contributed by atoms with E-state index in [2.05, 4.69) is 41.9 Å². The van der Waals surface area contributed by atoms with Gasteiger partial charge in [0.2, 0.25) is 16.7 Å². The third kappa shape index (κ3) is 6.04. The van der Waals surface area contributed by atoms with Crippen molar-refractivity contribution in [3.8, 4) is 5.75 Å². The molecule has 2 amide bonds. The number of carbonyl (C=O) groups excluding carboxylic acids is 2. The Balaban J connectivity index is 1.31. The Morgan fingerprint density at radius 3 is 2.83 bits per heavy atom. The number of nitrogens with zero attached hydrogens (tertiary/aromatic N) is 8. The molecule has 1 aromatic carbocycles. The fourth-order valence-corrected chi connectivity index (χ4v) is 6.73. The largest absolute Gasteiger partial charge is 0.477 e. The second kappa shape index (κ2) is 12.2. The van der Waals surface area contributed by atoms with Crippen LogP contribution in [0.4, 0.5) is 5.13 Å². The lowest BCUT2D eigenvalue weighted by Gasteiger charge is -2.49. The minimum absolute atomic E-state index is 0.0943. The first-order valence-electron chi connectivity index (χ1n) is 11.6. The fourth-order valence-electron chi connectivity index (χ4n) is 3.80. The number of aromatic nitrogens is 6. The number of tetrazole rings is 1. The molecule has 4 heterocycles. The topological polar surface area (TPSA) is 204 Å².